The zero-order valence-corrected chi connectivity index (χ0v) is 18.6. The van der Waals surface area contributed by atoms with E-state index in [0.717, 1.165) is 16.8 Å². The summed E-state index contributed by atoms with van der Waals surface area (Å²) >= 11 is 5.42. The molecule has 162 valence electrons. The van der Waals surface area contributed by atoms with Gasteiger partial charge in [-0.3, -0.25) is 0 Å². The number of anilines is 1. The number of ether oxygens (including phenoxy) is 1. The van der Waals surface area contributed by atoms with Gasteiger partial charge in [0.05, 0.1) is 18.2 Å². The van der Waals surface area contributed by atoms with Crippen molar-refractivity contribution in [3.63, 3.8) is 0 Å². The molecular formula is C23H26N4O3S. The number of carbonyl (C=O) groups excluding carboxylic acids is 2. The largest absolute Gasteiger partial charge is 0.463 e. The molecule has 7 nitrogen and oxygen atoms in total. The molecule has 0 aromatic heterocycles. The lowest BCUT2D eigenvalue weighted by Crippen LogP contribution is -2.46. The summed E-state index contributed by atoms with van der Waals surface area (Å²) in [5, 5.41) is 9.38. The van der Waals surface area contributed by atoms with Crippen LogP contribution in [0.1, 0.15) is 31.0 Å². The predicted molar refractivity (Wildman–Crippen MR) is 124 cm³/mol. The van der Waals surface area contributed by atoms with Crippen molar-refractivity contribution in [1.82, 2.24) is 15.5 Å². The van der Waals surface area contributed by atoms with Crippen molar-refractivity contribution in [3.8, 4) is 0 Å². The molecule has 0 bridgehead atoms. The normalized spacial score (nSPS) is 15.9. The Balaban J connectivity index is 1.78. The molecule has 3 rings (SSSR count). The molecule has 0 saturated carbocycles. The van der Waals surface area contributed by atoms with Crippen LogP contribution in [0.15, 0.2) is 65.9 Å². The Morgan fingerprint density at radius 2 is 1.90 bits per heavy atom. The molecule has 1 aliphatic heterocycles. The molecule has 0 saturated heterocycles. The minimum Gasteiger partial charge on any atom is -0.463 e. The first kappa shape index (κ1) is 22.3. The Hall–Kier alpha value is -3.39. The summed E-state index contributed by atoms with van der Waals surface area (Å²) in [6.45, 7) is 4.31. The minimum absolute atomic E-state index is 0.277. The van der Waals surface area contributed by atoms with E-state index in [-0.39, 0.29) is 12.6 Å². The number of nitrogens with zero attached hydrogens (tertiary/aromatic N) is 1. The number of nitrogens with one attached hydrogen (secondary N) is 3. The van der Waals surface area contributed by atoms with Crippen LogP contribution in [0, 0.1) is 0 Å². The Morgan fingerprint density at radius 1 is 1.16 bits per heavy atom. The number of hydrogen-bond acceptors (Lipinski definition) is 4. The van der Waals surface area contributed by atoms with Crippen molar-refractivity contribution in [2.45, 2.75) is 26.4 Å². The highest BCUT2D eigenvalue weighted by molar-refractivity contribution is 7.80. The van der Waals surface area contributed by atoms with Gasteiger partial charge in [0, 0.05) is 25.0 Å². The van der Waals surface area contributed by atoms with E-state index in [1.54, 1.807) is 24.9 Å². The molecule has 0 aliphatic carbocycles. The molecule has 2 aromatic rings. The van der Waals surface area contributed by atoms with Crippen molar-refractivity contribution in [2.24, 2.45) is 0 Å². The fourth-order valence-corrected chi connectivity index (χ4v) is 3.56. The summed E-state index contributed by atoms with van der Waals surface area (Å²) in [6.07, 6.45) is 0. The van der Waals surface area contributed by atoms with Gasteiger partial charge < -0.3 is 25.6 Å². The zero-order valence-electron chi connectivity index (χ0n) is 17.8. The zero-order chi connectivity index (χ0) is 22.4. The number of urea groups is 1. The van der Waals surface area contributed by atoms with Crippen LogP contribution < -0.4 is 16.0 Å². The first-order chi connectivity index (χ1) is 14.9. The van der Waals surface area contributed by atoms with Crippen LogP contribution in [0.2, 0.25) is 0 Å². The van der Waals surface area contributed by atoms with Gasteiger partial charge in [-0.15, -0.1) is 0 Å². The van der Waals surface area contributed by atoms with Crippen LogP contribution >= 0.6 is 12.2 Å². The number of allylic oxidation sites excluding steroid dienone is 1. The highest BCUT2D eigenvalue weighted by Gasteiger charge is 2.33. The smallest absolute Gasteiger partial charge is 0.338 e. The lowest BCUT2D eigenvalue weighted by molar-refractivity contribution is -0.139. The van der Waals surface area contributed by atoms with Crippen LogP contribution in [0.3, 0.4) is 0 Å². The van der Waals surface area contributed by atoms with Crippen molar-refractivity contribution < 1.29 is 14.3 Å². The number of thiocarbonyl (C=S) groups is 1. The van der Waals surface area contributed by atoms with Gasteiger partial charge in [0.2, 0.25) is 0 Å². The SMILES string of the molecule is CCOC(=O)C1=C(C)N(C)C(=S)NC1c1cccc(NC(=O)NCc2ccccc2)c1. The van der Waals surface area contributed by atoms with Gasteiger partial charge in [-0.25, -0.2) is 9.59 Å². The number of rotatable bonds is 6. The predicted octanol–water partition coefficient (Wildman–Crippen LogP) is 3.71. The molecule has 1 unspecified atom stereocenters. The van der Waals surface area contributed by atoms with Gasteiger partial charge in [-0.2, -0.15) is 0 Å². The fourth-order valence-electron chi connectivity index (χ4n) is 3.31. The highest BCUT2D eigenvalue weighted by Crippen LogP contribution is 2.31. The number of benzene rings is 2. The number of esters is 1. The van der Waals surface area contributed by atoms with Gasteiger partial charge in [-0.05, 0) is 49.3 Å². The van der Waals surface area contributed by atoms with Crippen LogP contribution in [0.25, 0.3) is 0 Å². The van der Waals surface area contributed by atoms with E-state index in [4.69, 9.17) is 17.0 Å². The second kappa shape index (κ2) is 10.1. The first-order valence-corrected chi connectivity index (χ1v) is 10.4. The van der Waals surface area contributed by atoms with E-state index < -0.39 is 12.0 Å². The topological polar surface area (TPSA) is 82.7 Å². The molecule has 1 aliphatic rings. The van der Waals surface area contributed by atoms with E-state index in [1.807, 2.05) is 55.5 Å². The molecule has 3 N–H and O–H groups in total. The second-order valence-electron chi connectivity index (χ2n) is 7.08. The molecule has 0 radical (unpaired) electrons. The molecule has 31 heavy (non-hydrogen) atoms. The fraction of sp³-hybridized carbons (Fsp3) is 0.261. The van der Waals surface area contributed by atoms with Gasteiger partial charge in [0.25, 0.3) is 0 Å². The lowest BCUT2D eigenvalue weighted by atomic mass is 9.95. The average molecular weight is 439 g/mol. The maximum Gasteiger partial charge on any atom is 0.338 e. The van der Waals surface area contributed by atoms with E-state index >= 15 is 0 Å². The van der Waals surface area contributed by atoms with Gasteiger partial charge in [0.15, 0.2) is 5.11 Å². The third kappa shape index (κ3) is 5.40. The molecule has 1 atom stereocenters. The lowest BCUT2D eigenvalue weighted by Gasteiger charge is -2.35. The standard InChI is InChI=1S/C23H26N4O3S/c1-4-30-21(28)19-15(2)27(3)23(31)26-20(19)17-11-8-12-18(13-17)25-22(29)24-14-16-9-6-5-7-10-16/h5-13,20H,4,14H2,1-3H3,(H,26,31)(H2,24,25,29). The Labute approximate surface area is 187 Å². The minimum atomic E-state index is -0.475. The summed E-state index contributed by atoms with van der Waals surface area (Å²) in [4.78, 5) is 26.7. The molecule has 0 fully saturated rings. The Morgan fingerprint density at radius 3 is 2.61 bits per heavy atom. The maximum atomic E-state index is 12.7. The van der Waals surface area contributed by atoms with Crippen LogP contribution in [-0.4, -0.2) is 35.7 Å². The van der Waals surface area contributed by atoms with Gasteiger partial charge in [0.1, 0.15) is 0 Å². The Bertz CT molecular complexity index is 1010. The van der Waals surface area contributed by atoms with Crippen molar-refractivity contribution in [3.05, 3.63) is 77.0 Å². The van der Waals surface area contributed by atoms with E-state index in [0.29, 0.717) is 22.9 Å². The molecule has 8 heteroatoms. The summed E-state index contributed by atoms with van der Waals surface area (Å²) in [5.74, 6) is -0.397. The highest BCUT2D eigenvalue weighted by atomic mass is 32.1. The number of amides is 2. The summed E-state index contributed by atoms with van der Waals surface area (Å²) in [5.41, 5.74) is 3.62. The molecule has 2 amide bonds. The van der Waals surface area contributed by atoms with E-state index in [2.05, 4.69) is 16.0 Å². The number of hydrogen-bond donors (Lipinski definition) is 3. The van der Waals surface area contributed by atoms with Crippen molar-refractivity contribution in [1.29, 1.82) is 0 Å². The third-order valence-corrected chi connectivity index (χ3v) is 5.41. The summed E-state index contributed by atoms with van der Waals surface area (Å²) in [6, 6.07) is 16.2. The molecule has 2 aromatic carbocycles. The quantitative estimate of drug-likeness (QED) is 0.471. The molecule has 1 heterocycles. The van der Waals surface area contributed by atoms with Crippen LogP contribution in [0.5, 0.6) is 0 Å². The summed E-state index contributed by atoms with van der Waals surface area (Å²) in [7, 11) is 1.80. The van der Waals surface area contributed by atoms with Crippen LogP contribution in [-0.2, 0) is 16.1 Å². The average Bonchev–Trinajstić information content (AvgIpc) is 2.77. The summed E-state index contributed by atoms with van der Waals surface area (Å²) < 4.78 is 5.27. The second-order valence-corrected chi connectivity index (χ2v) is 7.47. The third-order valence-electron chi connectivity index (χ3n) is 5.02. The molecular weight excluding hydrogens is 412 g/mol. The van der Waals surface area contributed by atoms with Gasteiger partial charge in [-0.1, -0.05) is 42.5 Å². The van der Waals surface area contributed by atoms with Crippen molar-refractivity contribution >= 4 is 35.0 Å². The monoisotopic (exact) mass is 438 g/mol. The van der Waals surface area contributed by atoms with Gasteiger partial charge >= 0.3 is 12.0 Å². The number of carbonyl (C=O) groups is 2. The van der Waals surface area contributed by atoms with E-state index in [9.17, 15) is 9.59 Å². The molecule has 0 spiro atoms. The maximum absolute atomic E-state index is 12.7. The van der Waals surface area contributed by atoms with Crippen molar-refractivity contribution in [2.75, 3.05) is 19.0 Å². The van der Waals surface area contributed by atoms with Crippen LogP contribution in [0.4, 0.5) is 10.5 Å². The first-order valence-electron chi connectivity index (χ1n) is 10.0. The Kier molecular flexibility index (Phi) is 7.25. The van der Waals surface area contributed by atoms with E-state index in [1.165, 1.54) is 0 Å².